The average Bonchev–Trinajstić information content (AvgIpc) is 2.74. The summed E-state index contributed by atoms with van der Waals surface area (Å²) < 4.78 is 0. The number of nitrogens with zero attached hydrogens (tertiary/aromatic N) is 1. The molecule has 2 aliphatic carbocycles. The lowest BCUT2D eigenvalue weighted by Crippen LogP contribution is -2.32. The fourth-order valence-corrected chi connectivity index (χ4v) is 4.73. The zero-order chi connectivity index (χ0) is 10.8. The average molecular weight is 223 g/mol. The SMILES string of the molecule is CC1(C)[C@H]2CC[C@@]1(C)c1nc(NN)sc12. The molecule has 2 bridgehead atoms. The normalized spacial score (nSPS) is 35.6. The van der Waals surface area contributed by atoms with Gasteiger partial charge in [-0.2, -0.15) is 0 Å². The van der Waals surface area contributed by atoms with Crippen LogP contribution >= 0.6 is 11.3 Å². The number of aromatic nitrogens is 1. The fourth-order valence-electron chi connectivity index (χ4n) is 3.41. The molecule has 15 heavy (non-hydrogen) atoms. The van der Waals surface area contributed by atoms with Gasteiger partial charge >= 0.3 is 0 Å². The number of hydrazine groups is 1. The standard InChI is InChI=1S/C11H17N3S/c1-10(2)6-4-5-11(10,3)8-7(6)15-9(13-8)14-12/h6H,4-5,12H2,1-3H3,(H,13,14)/t6-,11-/m0/s1. The van der Waals surface area contributed by atoms with Crippen LogP contribution in [0.25, 0.3) is 0 Å². The van der Waals surface area contributed by atoms with E-state index in [0.29, 0.717) is 11.3 Å². The van der Waals surface area contributed by atoms with Crippen LogP contribution in [0.2, 0.25) is 0 Å². The van der Waals surface area contributed by atoms with Crippen molar-refractivity contribution in [3.05, 3.63) is 10.6 Å². The van der Waals surface area contributed by atoms with Crippen LogP contribution in [0.5, 0.6) is 0 Å². The van der Waals surface area contributed by atoms with Crippen LogP contribution in [-0.4, -0.2) is 4.98 Å². The van der Waals surface area contributed by atoms with E-state index in [0.717, 1.165) is 5.13 Å². The van der Waals surface area contributed by atoms with Gasteiger partial charge in [-0.05, 0) is 18.3 Å². The van der Waals surface area contributed by atoms with Gasteiger partial charge in [0.2, 0.25) is 0 Å². The highest BCUT2D eigenvalue weighted by Gasteiger charge is 2.61. The van der Waals surface area contributed by atoms with E-state index in [4.69, 9.17) is 5.84 Å². The maximum atomic E-state index is 5.43. The summed E-state index contributed by atoms with van der Waals surface area (Å²) >= 11 is 1.74. The van der Waals surface area contributed by atoms with Crippen molar-refractivity contribution in [2.75, 3.05) is 5.43 Å². The van der Waals surface area contributed by atoms with Gasteiger partial charge in [0.15, 0.2) is 5.13 Å². The minimum atomic E-state index is 0.263. The van der Waals surface area contributed by atoms with Gasteiger partial charge in [-0.3, -0.25) is 5.43 Å². The number of nitrogen functional groups attached to an aromatic ring is 1. The first-order valence-electron chi connectivity index (χ1n) is 5.48. The minimum Gasteiger partial charge on any atom is -0.300 e. The first-order valence-corrected chi connectivity index (χ1v) is 6.30. The van der Waals surface area contributed by atoms with E-state index in [1.165, 1.54) is 23.4 Å². The molecule has 1 saturated carbocycles. The van der Waals surface area contributed by atoms with Gasteiger partial charge in [0.05, 0.1) is 5.69 Å². The van der Waals surface area contributed by atoms with Crippen molar-refractivity contribution < 1.29 is 0 Å². The van der Waals surface area contributed by atoms with Crippen LogP contribution in [-0.2, 0) is 5.41 Å². The third-order valence-corrected chi connectivity index (χ3v) is 5.94. The van der Waals surface area contributed by atoms with Gasteiger partial charge in [0.1, 0.15) is 0 Å². The topological polar surface area (TPSA) is 50.9 Å². The highest BCUT2D eigenvalue weighted by Crippen LogP contribution is 2.68. The third-order valence-electron chi connectivity index (χ3n) is 4.84. The molecule has 0 amide bonds. The van der Waals surface area contributed by atoms with Gasteiger partial charge < -0.3 is 0 Å². The van der Waals surface area contributed by atoms with Crippen molar-refractivity contribution in [1.82, 2.24) is 4.98 Å². The Hall–Kier alpha value is -0.610. The Kier molecular flexibility index (Phi) is 1.63. The van der Waals surface area contributed by atoms with E-state index in [1.807, 2.05) is 0 Å². The highest BCUT2D eigenvalue weighted by atomic mass is 32.1. The lowest BCUT2D eigenvalue weighted by atomic mass is 9.70. The molecule has 1 heterocycles. The van der Waals surface area contributed by atoms with Crippen molar-refractivity contribution in [3.8, 4) is 0 Å². The molecule has 0 saturated heterocycles. The summed E-state index contributed by atoms with van der Waals surface area (Å²) in [5.74, 6) is 6.12. The van der Waals surface area contributed by atoms with E-state index in [1.54, 1.807) is 11.3 Å². The zero-order valence-corrected chi connectivity index (χ0v) is 10.2. The summed E-state index contributed by atoms with van der Waals surface area (Å²) in [6, 6.07) is 0. The summed E-state index contributed by atoms with van der Waals surface area (Å²) in [5, 5.41) is 0.869. The molecule has 0 spiro atoms. The summed E-state index contributed by atoms with van der Waals surface area (Å²) in [4.78, 5) is 6.12. The molecule has 3 N–H and O–H groups in total. The Bertz CT molecular complexity index is 423. The van der Waals surface area contributed by atoms with Gasteiger partial charge in [0, 0.05) is 16.2 Å². The van der Waals surface area contributed by atoms with Crippen LogP contribution in [0.1, 0.15) is 50.1 Å². The van der Waals surface area contributed by atoms with Crippen LogP contribution in [0, 0.1) is 5.41 Å². The predicted octanol–water partition coefficient (Wildman–Crippen LogP) is 2.60. The fraction of sp³-hybridized carbons (Fsp3) is 0.727. The molecule has 3 nitrogen and oxygen atoms in total. The van der Waals surface area contributed by atoms with Gasteiger partial charge in [-0.25, -0.2) is 10.8 Å². The number of nitrogens with two attached hydrogens (primary N) is 1. The van der Waals surface area contributed by atoms with Gasteiger partial charge in [0.25, 0.3) is 0 Å². The number of rotatable bonds is 1. The first-order chi connectivity index (χ1) is 7.00. The number of hydrogen-bond acceptors (Lipinski definition) is 4. The monoisotopic (exact) mass is 223 g/mol. The van der Waals surface area contributed by atoms with E-state index in [2.05, 4.69) is 31.2 Å². The molecular weight excluding hydrogens is 206 g/mol. The van der Waals surface area contributed by atoms with Crippen molar-refractivity contribution in [2.24, 2.45) is 11.3 Å². The third kappa shape index (κ3) is 0.882. The quantitative estimate of drug-likeness (QED) is 0.568. The smallest absolute Gasteiger partial charge is 0.197 e. The molecule has 3 rings (SSSR count). The molecular formula is C11H17N3S. The highest BCUT2D eigenvalue weighted by molar-refractivity contribution is 7.15. The number of hydrogen-bond donors (Lipinski definition) is 2. The first kappa shape index (κ1) is 9.60. The second-order valence-corrected chi connectivity index (χ2v) is 6.55. The minimum absolute atomic E-state index is 0.263. The Morgan fingerprint density at radius 2 is 2.20 bits per heavy atom. The maximum Gasteiger partial charge on any atom is 0.197 e. The number of thiazole rings is 1. The largest absolute Gasteiger partial charge is 0.300 e. The number of anilines is 1. The summed E-state index contributed by atoms with van der Waals surface area (Å²) in [7, 11) is 0. The molecule has 0 aliphatic heterocycles. The van der Waals surface area contributed by atoms with Crippen LogP contribution < -0.4 is 11.3 Å². The molecule has 0 radical (unpaired) electrons. The van der Waals surface area contributed by atoms with Crippen molar-refractivity contribution in [3.63, 3.8) is 0 Å². The molecule has 0 unspecified atom stereocenters. The molecule has 0 aromatic carbocycles. The van der Waals surface area contributed by atoms with E-state index in [-0.39, 0.29) is 5.41 Å². The Labute approximate surface area is 94.1 Å². The van der Waals surface area contributed by atoms with Crippen molar-refractivity contribution in [2.45, 2.75) is 44.9 Å². The second kappa shape index (κ2) is 2.55. The van der Waals surface area contributed by atoms with E-state index < -0.39 is 0 Å². The molecule has 1 aromatic rings. The Balaban J connectivity index is 2.20. The molecule has 1 aromatic heterocycles. The summed E-state index contributed by atoms with van der Waals surface area (Å²) in [6.07, 6.45) is 2.58. The lowest BCUT2D eigenvalue weighted by molar-refractivity contribution is 0.227. The summed E-state index contributed by atoms with van der Waals surface area (Å²) in [5.41, 5.74) is 4.62. The zero-order valence-electron chi connectivity index (χ0n) is 9.42. The Morgan fingerprint density at radius 3 is 2.80 bits per heavy atom. The second-order valence-electron chi connectivity index (χ2n) is 5.52. The molecule has 2 atom stereocenters. The number of nitrogens with one attached hydrogen (secondary N) is 1. The molecule has 1 fully saturated rings. The van der Waals surface area contributed by atoms with E-state index in [9.17, 15) is 0 Å². The molecule has 4 heteroatoms. The van der Waals surface area contributed by atoms with Crippen LogP contribution in [0.3, 0.4) is 0 Å². The molecule has 2 aliphatic rings. The van der Waals surface area contributed by atoms with Crippen molar-refractivity contribution >= 4 is 16.5 Å². The molecule has 82 valence electrons. The van der Waals surface area contributed by atoms with Gasteiger partial charge in [-0.15, -0.1) is 11.3 Å². The van der Waals surface area contributed by atoms with Crippen molar-refractivity contribution in [1.29, 1.82) is 0 Å². The van der Waals surface area contributed by atoms with Crippen LogP contribution in [0.4, 0.5) is 5.13 Å². The van der Waals surface area contributed by atoms with Crippen LogP contribution in [0.15, 0.2) is 0 Å². The lowest BCUT2D eigenvalue weighted by Gasteiger charge is -2.34. The van der Waals surface area contributed by atoms with Gasteiger partial charge in [-0.1, -0.05) is 20.8 Å². The van der Waals surface area contributed by atoms with E-state index >= 15 is 0 Å². The number of fused-ring (bicyclic) bond motifs is 5. The Morgan fingerprint density at radius 1 is 1.47 bits per heavy atom. The maximum absolute atomic E-state index is 5.43. The summed E-state index contributed by atoms with van der Waals surface area (Å²) in [6.45, 7) is 7.13. The predicted molar refractivity (Wildman–Crippen MR) is 63.0 cm³/mol.